The molecule has 17 heavy (non-hydrogen) atoms. The van der Waals surface area contributed by atoms with E-state index < -0.39 is 0 Å². The number of amides is 1. The van der Waals surface area contributed by atoms with Crippen molar-refractivity contribution in [2.24, 2.45) is 16.7 Å². The minimum absolute atomic E-state index is 0.138. The maximum Gasteiger partial charge on any atom is 0.230 e. The van der Waals surface area contributed by atoms with Gasteiger partial charge in [0.05, 0.1) is 5.41 Å². The topological polar surface area (TPSA) is 32.3 Å². The molecule has 2 aliphatic heterocycles. The fourth-order valence-corrected chi connectivity index (χ4v) is 3.23. The van der Waals surface area contributed by atoms with Crippen molar-refractivity contribution in [3.63, 3.8) is 0 Å². The monoisotopic (exact) mass is 238 g/mol. The number of nitrogens with zero attached hydrogens (tertiary/aromatic N) is 1. The second-order valence-corrected chi connectivity index (χ2v) is 6.88. The van der Waals surface area contributed by atoms with Gasteiger partial charge in [-0.2, -0.15) is 0 Å². The van der Waals surface area contributed by atoms with E-state index in [-0.39, 0.29) is 5.41 Å². The summed E-state index contributed by atoms with van der Waals surface area (Å²) in [5, 5.41) is 3.37. The highest BCUT2D eigenvalue weighted by Gasteiger charge is 2.47. The van der Waals surface area contributed by atoms with Gasteiger partial charge >= 0.3 is 0 Å². The molecular weight excluding hydrogens is 212 g/mol. The van der Waals surface area contributed by atoms with Crippen molar-refractivity contribution in [3.05, 3.63) is 0 Å². The smallest absolute Gasteiger partial charge is 0.230 e. The lowest BCUT2D eigenvalue weighted by Gasteiger charge is -2.35. The summed E-state index contributed by atoms with van der Waals surface area (Å²) in [7, 11) is 0. The van der Waals surface area contributed by atoms with Crippen molar-refractivity contribution in [1.82, 2.24) is 10.2 Å². The first kappa shape index (κ1) is 12.9. The lowest BCUT2D eigenvalue weighted by molar-refractivity contribution is -0.143. The Morgan fingerprint density at radius 2 is 2.00 bits per heavy atom. The molecule has 2 rings (SSSR count). The third-order valence-electron chi connectivity index (χ3n) is 4.68. The first-order valence-electron chi connectivity index (χ1n) is 6.87. The summed E-state index contributed by atoms with van der Waals surface area (Å²) in [6.45, 7) is 12.6. The second-order valence-electron chi connectivity index (χ2n) is 6.88. The predicted molar refractivity (Wildman–Crippen MR) is 69.7 cm³/mol. The Hall–Kier alpha value is -0.570. The van der Waals surface area contributed by atoms with Crippen LogP contribution in [0.15, 0.2) is 0 Å². The molecule has 2 aliphatic rings. The van der Waals surface area contributed by atoms with Crippen LogP contribution in [-0.4, -0.2) is 37.0 Å². The third-order valence-corrected chi connectivity index (χ3v) is 4.68. The van der Waals surface area contributed by atoms with E-state index in [2.05, 4.69) is 37.9 Å². The maximum atomic E-state index is 12.8. The van der Waals surface area contributed by atoms with E-state index in [4.69, 9.17) is 0 Å². The number of carbonyl (C=O) groups is 1. The van der Waals surface area contributed by atoms with Crippen molar-refractivity contribution in [3.8, 4) is 0 Å². The van der Waals surface area contributed by atoms with Crippen LogP contribution in [0.2, 0.25) is 0 Å². The molecule has 2 fully saturated rings. The predicted octanol–water partition coefficient (Wildman–Crippen LogP) is 1.88. The zero-order valence-corrected chi connectivity index (χ0v) is 11.7. The molecule has 0 aromatic rings. The van der Waals surface area contributed by atoms with Crippen molar-refractivity contribution in [1.29, 1.82) is 0 Å². The highest BCUT2D eigenvalue weighted by Crippen LogP contribution is 2.39. The average molecular weight is 238 g/mol. The minimum Gasteiger partial charge on any atom is -0.342 e. The van der Waals surface area contributed by atoms with Crippen LogP contribution in [0, 0.1) is 16.7 Å². The zero-order chi connectivity index (χ0) is 12.7. The van der Waals surface area contributed by atoms with Crippen LogP contribution in [0.1, 0.15) is 40.5 Å². The lowest BCUT2D eigenvalue weighted by atomic mass is 9.75. The van der Waals surface area contributed by atoms with Gasteiger partial charge in [0.2, 0.25) is 5.91 Å². The molecule has 2 saturated heterocycles. The normalized spacial score (nSPS) is 32.4. The van der Waals surface area contributed by atoms with Crippen LogP contribution in [0.5, 0.6) is 0 Å². The SMILES string of the molecule is CC(C)C1(C(=O)N2CCC(C)(C)C2)CCNC1. The highest BCUT2D eigenvalue weighted by molar-refractivity contribution is 5.84. The van der Waals surface area contributed by atoms with E-state index in [1.807, 2.05) is 0 Å². The van der Waals surface area contributed by atoms with Crippen LogP contribution in [0.4, 0.5) is 0 Å². The standard InChI is InChI=1S/C14H26N2O/c1-11(2)14(5-7-15-9-14)12(17)16-8-6-13(3,4)10-16/h11,15H,5-10H2,1-4H3. The zero-order valence-electron chi connectivity index (χ0n) is 11.7. The molecular formula is C14H26N2O. The fourth-order valence-electron chi connectivity index (χ4n) is 3.23. The van der Waals surface area contributed by atoms with Gasteiger partial charge in [0.15, 0.2) is 0 Å². The molecule has 1 amide bonds. The minimum atomic E-state index is -0.138. The Bertz CT molecular complexity index is 303. The van der Waals surface area contributed by atoms with Crippen molar-refractivity contribution >= 4 is 5.91 Å². The number of hydrogen-bond acceptors (Lipinski definition) is 2. The summed E-state index contributed by atoms with van der Waals surface area (Å²) in [5.41, 5.74) is 0.167. The molecule has 1 unspecified atom stereocenters. The van der Waals surface area contributed by atoms with Gasteiger partial charge in [0.1, 0.15) is 0 Å². The molecule has 3 heteroatoms. The Morgan fingerprint density at radius 3 is 2.41 bits per heavy atom. The van der Waals surface area contributed by atoms with Gasteiger partial charge in [-0.05, 0) is 30.7 Å². The van der Waals surface area contributed by atoms with Gasteiger partial charge in [0, 0.05) is 19.6 Å². The summed E-state index contributed by atoms with van der Waals surface area (Å²) >= 11 is 0. The van der Waals surface area contributed by atoms with Crippen molar-refractivity contribution in [2.75, 3.05) is 26.2 Å². The van der Waals surface area contributed by atoms with Gasteiger partial charge in [-0.25, -0.2) is 0 Å². The largest absolute Gasteiger partial charge is 0.342 e. The van der Waals surface area contributed by atoms with Gasteiger partial charge in [-0.3, -0.25) is 4.79 Å². The van der Waals surface area contributed by atoms with E-state index in [0.717, 1.165) is 39.0 Å². The Kier molecular flexibility index (Phi) is 3.23. The fraction of sp³-hybridized carbons (Fsp3) is 0.929. The van der Waals surface area contributed by atoms with Crippen LogP contribution >= 0.6 is 0 Å². The van der Waals surface area contributed by atoms with Crippen LogP contribution in [0.3, 0.4) is 0 Å². The average Bonchev–Trinajstić information content (AvgIpc) is 2.83. The molecule has 0 spiro atoms. The molecule has 2 heterocycles. The summed E-state index contributed by atoms with van der Waals surface area (Å²) < 4.78 is 0. The number of nitrogens with one attached hydrogen (secondary N) is 1. The number of carbonyl (C=O) groups excluding carboxylic acids is 1. The van der Waals surface area contributed by atoms with Crippen molar-refractivity contribution < 1.29 is 4.79 Å². The molecule has 3 nitrogen and oxygen atoms in total. The van der Waals surface area contributed by atoms with E-state index in [0.29, 0.717) is 17.2 Å². The molecule has 1 atom stereocenters. The Labute approximate surface area is 105 Å². The van der Waals surface area contributed by atoms with Gasteiger partial charge < -0.3 is 10.2 Å². The Morgan fingerprint density at radius 1 is 1.29 bits per heavy atom. The Balaban J connectivity index is 2.13. The second kappa shape index (κ2) is 4.27. The lowest BCUT2D eigenvalue weighted by Crippen LogP contribution is -2.47. The number of rotatable bonds is 2. The first-order chi connectivity index (χ1) is 7.87. The molecule has 0 aromatic carbocycles. The molecule has 0 bridgehead atoms. The summed E-state index contributed by atoms with van der Waals surface area (Å²) in [6.07, 6.45) is 2.14. The van der Waals surface area contributed by atoms with Crippen LogP contribution in [0.25, 0.3) is 0 Å². The molecule has 98 valence electrons. The van der Waals surface area contributed by atoms with Crippen molar-refractivity contribution in [2.45, 2.75) is 40.5 Å². The van der Waals surface area contributed by atoms with E-state index >= 15 is 0 Å². The van der Waals surface area contributed by atoms with Crippen LogP contribution < -0.4 is 5.32 Å². The molecule has 0 aliphatic carbocycles. The molecule has 0 saturated carbocycles. The third kappa shape index (κ3) is 2.22. The molecule has 0 aromatic heterocycles. The summed E-state index contributed by atoms with van der Waals surface area (Å²) in [6, 6.07) is 0. The summed E-state index contributed by atoms with van der Waals surface area (Å²) in [4.78, 5) is 14.9. The van der Waals surface area contributed by atoms with Crippen LogP contribution in [-0.2, 0) is 4.79 Å². The van der Waals surface area contributed by atoms with Gasteiger partial charge in [0.25, 0.3) is 0 Å². The quantitative estimate of drug-likeness (QED) is 0.796. The van der Waals surface area contributed by atoms with E-state index in [1.165, 1.54) is 0 Å². The van der Waals surface area contributed by atoms with Gasteiger partial charge in [-0.1, -0.05) is 27.7 Å². The molecule has 1 N–H and O–H groups in total. The van der Waals surface area contributed by atoms with E-state index in [1.54, 1.807) is 0 Å². The first-order valence-corrected chi connectivity index (χ1v) is 6.87. The van der Waals surface area contributed by atoms with Gasteiger partial charge in [-0.15, -0.1) is 0 Å². The summed E-state index contributed by atoms with van der Waals surface area (Å²) in [5.74, 6) is 0.816. The van der Waals surface area contributed by atoms with E-state index in [9.17, 15) is 4.79 Å². The highest BCUT2D eigenvalue weighted by atomic mass is 16.2. The maximum absolute atomic E-state index is 12.8. The molecule has 0 radical (unpaired) electrons. The number of likely N-dealkylation sites (tertiary alicyclic amines) is 1. The number of hydrogen-bond donors (Lipinski definition) is 1.